The normalized spacial score (nSPS) is 15.2. The van der Waals surface area contributed by atoms with Gasteiger partial charge in [-0.25, -0.2) is 4.98 Å². The summed E-state index contributed by atoms with van der Waals surface area (Å²) in [6, 6.07) is 2.72. The quantitative estimate of drug-likeness (QED) is 0.809. The zero-order valence-electron chi connectivity index (χ0n) is 12.6. The second-order valence-electron chi connectivity index (χ2n) is 6.41. The first-order valence-corrected chi connectivity index (χ1v) is 7.55. The molecule has 1 aliphatic carbocycles. The van der Waals surface area contributed by atoms with Crippen molar-refractivity contribution in [3.8, 4) is 0 Å². The maximum Gasteiger partial charge on any atom is 0.129 e. The van der Waals surface area contributed by atoms with Crippen LogP contribution in [0.4, 0.5) is 5.82 Å². The highest BCUT2D eigenvalue weighted by molar-refractivity contribution is 6.31. The van der Waals surface area contributed by atoms with Crippen molar-refractivity contribution >= 4 is 17.4 Å². The standard InChI is InChI=1S/C16H24ClN3/c1-5-8-20(13-6-7-13)15-9-12(14(17)11-18-15)10-19-16(2,3)4/h5,9,11,13,19H,1,6-8,10H2,2-4H3. The van der Waals surface area contributed by atoms with Crippen LogP contribution in [0, 0.1) is 0 Å². The first-order valence-electron chi connectivity index (χ1n) is 7.17. The van der Waals surface area contributed by atoms with E-state index in [-0.39, 0.29) is 5.54 Å². The van der Waals surface area contributed by atoms with Gasteiger partial charge in [0.05, 0.1) is 5.02 Å². The van der Waals surface area contributed by atoms with Gasteiger partial charge in [0.25, 0.3) is 0 Å². The largest absolute Gasteiger partial charge is 0.350 e. The van der Waals surface area contributed by atoms with Crippen molar-refractivity contribution in [2.75, 3.05) is 11.4 Å². The summed E-state index contributed by atoms with van der Waals surface area (Å²) in [5, 5.41) is 4.19. The van der Waals surface area contributed by atoms with E-state index in [1.807, 2.05) is 6.08 Å². The molecule has 0 amide bonds. The van der Waals surface area contributed by atoms with E-state index in [0.29, 0.717) is 6.04 Å². The van der Waals surface area contributed by atoms with Gasteiger partial charge in [-0.3, -0.25) is 0 Å². The Kier molecular flexibility index (Phi) is 4.71. The molecule has 0 saturated heterocycles. The third-order valence-corrected chi connectivity index (χ3v) is 3.68. The lowest BCUT2D eigenvalue weighted by Crippen LogP contribution is -2.35. The van der Waals surface area contributed by atoms with Crippen LogP contribution in [0.5, 0.6) is 0 Å². The van der Waals surface area contributed by atoms with E-state index in [1.54, 1.807) is 6.20 Å². The fraction of sp³-hybridized carbons (Fsp3) is 0.562. The summed E-state index contributed by atoms with van der Waals surface area (Å²) in [6.45, 7) is 11.9. The molecule has 1 aromatic rings. The van der Waals surface area contributed by atoms with E-state index in [9.17, 15) is 0 Å². The van der Waals surface area contributed by atoms with Crippen molar-refractivity contribution in [2.24, 2.45) is 0 Å². The number of nitrogens with zero attached hydrogens (tertiary/aromatic N) is 2. The second-order valence-corrected chi connectivity index (χ2v) is 6.82. The van der Waals surface area contributed by atoms with E-state index in [0.717, 1.165) is 29.5 Å². The summed E-state index contributed by atoms with van der Waals surface area (Å²) in [5.74, 6) is 1.00. The number of hydrogen-bond acceptors (Lipinski definition) is 3. The lowest BCUT2D eigenvalue weighted by molar-refractivity contribution is 0.424. The highest BCUT2D eigenvalue weighted by Gasteiger charge is 2.29. The van der Waals surface area contributed by atoms with Gasteiger partial charge in [0.1, 0.15) is 5.82 Å². The van der Waals surface area contributed by atoms with E-state index >= 15 is 0 Å². The topological polar surface area (TPSA) is 28.2 Å². The smallest absolute Gasteiger partial charge is 0.129 e. The van der Waals surface area contributed by atoms with E-state index in [2.05, 4.69) is 48.6 Å². The summed E-state index contributed by atoms with van der Waals surface area (Å²) in [6.07, 6.45) is 6.18. The monoisotopic (exact) mass is 293 g/mol. The van der Waals surface area contributed by atoms with Gasteiger partial charge in [0.15, 0.2) is 0 Å². The molecule has 4 heteroatoms. The molecule has 20 heavy (non-hydrogen) atoms. The molecule has 1 fully saturated rings. The SMILES string of the molecule is C=CCN(c1cc(CNC(C)(C)C)c(Cl)cn1)C1CC1. The fourth-order valence-electron chi connectivity index (χ4n) is 2.08. The molecular formula is C16H24ClN3. The minimum Gasteiger partial charge on any atom is -0.350 e. The van der Waals surface area contributed by atoms with Crippen LogP contribution in [0.25, 0.3) is 0 Å². The van der Waals surface area contributed by atoms with Crippen LogP contribution in [-0.2, 0) is 6.54 Å². The number of anilines is 1. The molecule has 3 nitrogen and oxygen atoms in total. The van der Waals surface area contributed by atoms with Crippen LogP contribution < -0.4 is 10.2 Å². The molecule has 1 heterocycles. The van der Waals surface area contributed by atoms with Gasteiger partial charge in [-0.2, -0.15) is 0 Å². The van der Waals surface area contributed by atoms with E-state index in [4.69, 9.17) is 11.6 Å². The third kappa shape index (κ3) is 4.22. The minimum atomic E-state index is 0.0735. The van der Waals surface area contributed by atoms with Crippen LogP contribution in [0.15, 0.2) is 24.9 Å². The summed E-state index contributed by atoms with van der Waals surface area (Å²) in [7, 11) is 0. The molecule has 0 aliphatic heterocycles. The van der Waals surface area contributed by atoms with Crippen molar-refractivity contribution < 1.29 is 0 Å². The molecule has 1 N–H and O–H groups in total. The van der Waals surface area contributed by atoms with Crippen molar-refractivity contribution in [1.29, 1.82) is 0 Å². The Balaban J connectivity index is 2.16. The number of hydrogen-bond donors (Lipinski definition) is 1. The average molecular weight is 294 g/mol. The molecule has 0 radical (unpaired) electrons. The molecular weight excluding hydrogens is 270 g/mol. The Bertz CT molecular complexity index is 475. The number of aromatic nitrogens is 1. The molecule has 0 spiro atoms. The molecule has 0 atom stereocenters. The van der Waals surface area contributed by atoms with Crippen LogP contribution in [0.1, 0.15) is 39.2 Å². The third-order valence-electron chi connectivity index (χ3n) is 3.34. The van der Waals surface area contributed by atoms with Gasteiger partial charge in [-0.1, -0.05) is 17.7 Å². The lowest BCUT2D eigenvalue weighted by atomic mass is 10.1. The summed E-state index contributed by atoms with van der Waals surface area (Å²) in [4.78, 5) is 6.79. The maximum atomic E-state index is 6.26. The van der Waals surface area contributed by atoms with Crippen molar-refractivity contribution in [3.05, 3.63) is 35.5 Å². The van der Waals surface area contributed by atoms with Crippen molar-refractivity contribution in [2.45, 2.75) is 51.7 Å². The van der Waals surface area contributed by atoms with Gasteiger partial charge in [-0.15, -0.1) is 6.58 Å². The molecule has 2 rings (SSSR count). The minimum absolute atomic E-state index is 0.0735. The summed E-state index contributed by atoms with van der Waals surface area (Å²) in [5.41, 5.74) is 1.17. The molecule has 0 bridgehead atoms. The Morgan fingerprint density at radius 3 is 2.75 bits per heavy atom. The highest BCUT2D eigenvalue weighted by atomic mass is 35.5. The Morgan fingerprint density at radius 1 is 1.50 bits per heavy atom. The van der Waals surface area contributed by atoms with Gasteiger partial charge in [0, 0.05) is 30.9 Å². The van der Waals surface area contributed by atoms with Crippen LogP contribution >= 0.6 is 11.6 Å². The molecule has 0 unspecified atom stereocenters. The Labute approximate surface area is 127 Å². The predicted octanol–water partition coefficient (Wildman–Crippen LogP) is 3.78. The van der Waals surface area contributed by atoms with Crippen LogP contribution in [0.3, 0.4) is 0 Å². The number of nitrogens with one attached hydrogen (secondary N) is 1. The summed E-state index contributed by atoms with van der Waals surface area (Å²) < 4.78 is 0. The van der Waals surface area contributed by atoms with Gasteiger partial charge >= 0.3 is 0 Å². The van der Waals surface area contributed by atoms with E-state index < -0.39 is 0 Å². The lowest BCUT2D eigenvalue weighted by Gasteiger charge is -2.24. The highest BCUT2D eigenvalue weighted by Crippen LogP contribution is 2.31. The van der Waals surface area contributed by atoms with Crippen LogP contribution in [0.2, 0.25) is 5.02 Å². The molecule has 110 valence electrons. The first kappa shape index (κ1) is 15.3. The van der Waals surface area contributed by atoms with Crippen molar-refractivity contribution in [3.63, 3.8) is 0 Å². The summed E-state index contributed by atoms with van der Waals surface area (Å²) >= 11 is 6.26. The number of pyridine rings is 1. The average Bonchev–Trinajstić information content (AvgIpc) is 3.18. The number of rotatable bonds is 6. The maximum absolute atomic E-state index is 6.26. The molecule has 1 saturated carbocycles. The molecule has 1 aliphatic rings. The van der Waals surface area contributed by atoms with Gasteiger partial charge in [-0.05, 0) is 45.2 Å². The van der Waals surface area contributed by atoms with Crippen molar-refractivity contribution in [1.82, 2.24) is 10.3 Å². The zero-order chi connectivity index (χ0) is 14.8. The predicted molar refractivity (Wildman–Crippen MR) is 86.4 cm³/mol. The first-order chi connectivity index (χ1) is 9.40. The van der Waals surface area contributed by atoms with Crippen LogP contribution in [-0.4, -0.2) is 23.1 Å². The second kappa shape index (κ2) is 6.15. The Morgan fingerprint density at radius 2 is 2.20 bits per heavy atom. The molecule has 1 aromatic heterocycles. The van der Waals surface area contributed by atoms with E-state index in [1.165, 1.54) is 12.8 Å². The Hall–Kier alpha value is -1.06. The fourth-order valence-corrected chi connectivity index (χ4v) is 2.25. The van der Waals surface area contributed by atoms with Gasteiger partial charge < -0.3 is 10.2 Å². The van der Waals surface area contributed by atoms with Gasteiger partial charge in [0.2, 0.25) is 0 Å². The molecule has 0 aromatic carbocycles. The number of halogens is 1. The zero-order valence-corrected chi connectivity index (χ0v) is 13.4.